The van der Waals surface area contributed by atoms with Gasteiger partial charge in [0.05, 0.1) is 12.7 Å². The van der Waals surface area contributed by atoms with E-state index in [0.29, 0.717) is 5.75 Å². The standard InChI is InChI=1S/C14H16N2O5/c1-3-8-21-11-7-5-4-6-10(11)14(19)16-15-12(17)9-13(18)20-2/h3-7H,1,8-9H2,2H3,(H,15,17)(H,16,19). The molecular formula is C14H16N2O5. The van der Waals surface area contributed by atoms with Crippen molar-refractivity contribution in [1.29, 1.82) is 0 Å². The number of amides is 2. The minimum atomic E-state index is -0.698. The first-order chi connectivity index (χ1) is 10.1. The van der Waals surface area contributed by atoms with Gasteiger partial charge in [0.25, 0.3) is 5.91 Å². The Kier molecular flexibility index (Phi) is 6.46. The molecule has 0 fully saturated rings. The molecule has 7 heteroatoms. The van der Waals surface area contributed by atoms with Crippen molar-refractivity contribution < 1.29 is 23.9 Å². The Morgan fingerprint density at radius 3 is 2.62 bits per heavy atom. The molecule has 0 spiro atoms. The van der Waals surface area contributed by atoms with E-state index in [1.807, 2.05) is 0 Å². The van der Waals surface area contributed by atoms with Crippen LogP contribution in [-0.4, -0.2) is 31.5 Å². The lowest BCUT2D eigenvalue weighted by atomic mass is 10.2. The van der Waals surface area contributed by atoms with Gasteiger partial charge >= 0.3 is 5.97 Å². The maximum atomic E-state index is 11.9. The third kappa shape index (κ3) is 5.35. The van der Waals surface area contributed by atoms with Gasteiger partial charge in [0.2, 0.25) is 5.91 Å². The SMILES string of the molecule is C=CCOc1ccccc1C(=O)NNC(=O)CC(=O)OC. The van der Waals surface area contributed by atoms with Gasteiger partial charge in [-0.3, -0.25) is 25.2 Å². The largest absolute Gasteiger partial charge is 0.489 e. The predicted octanol–water partition coefficient (Wildman–Crippen LogP) is 0.576. The number of hydrazine groups is 1. The maximum absolute atomic E-state index is 11.9. The van der Waals surface area contributed by atoms with E-state index in [2.05, 4.69) is 22.2 Å². The van der Waals surface area contributed by atoms with Gasteiger partial charge in [0.15, 0.2) is 0 Å². The third-order valence-corrected chi connectivity index (χ3v) is 2.34. The molecule has 0 aliphatic rings. The number of carbonyl (C=O) groups excluding carboxylic acids is 3. The summed E-state index contributed by atoms with van der Waals surface area (Å²) in [6, 6.07) is 6.53. The van der Waals surface area contributed by atoms with E-state index in [4.69, 9.17) is 4.74 Å². The fourth-order valence-corrected chi connectivity index (χ4v) is 1.37. The van der Waals surface area contributed by atoms with Gasteiger partial charge in [-0.1, -0.05) is 24.8 Å². The Morgan fingerprint density at radius 1 is 1.24 bits per heavy atom. The Labute approximate surface area is 121 Å². The van der Waals surface area contributed by atoms with Crippen LogP contribution in [0.15, 0.2) is 36.9 Å². The third-order valence-electron chi connectivity index (χ3n) is 2.34. The van der Waals surface area contributed by atoms with E-state index in [9.17, 15) is 14.4 Å². The minimum Gasteiger partial charge on any atom is -0.489 e. The van der Waals surface area contributed by atoms with Crippen molar-refractivity contribution in [2.45, 2.75) is 6.42 Å². The van der Waals surface area contributed by atoms with Crippen LogP contribution in [0.25, 0.3) is 0 Å². The second-order valence-corrected chi connectivity index (χ2v) is 3.85. The van der Waals surface area contributed by atoms with Crippen LogP contribution in [0.1, 0.15) is 16.8 Å². The fraction of sp³-hybridized carbons (Fsp3) is 0.214. The highest BCUT2D eigenvalue weighted by Gasteiger charge is 2.14. The topological polar surface area (TPSA) is 93.7 Å². The molecule has 0 aliphatic heterocycles. The second kappa shape index (κ2) is 8.36. The quantitative estimate of drug-likeness (QED) is 0.346. The van der Waals surface area contributed by atoms with Crippen molar-refractivity contribution in [1.82, 2.24) is 10.9 Å². The monoisotopic (exact) mass is 292 g/mol. The average Bonchev–Trinajstić information content (AvgIpc) is 2.50. The first kappa shape index (κ1) is 16.2. The molecule has 0 unspecified atom stereocenters. The molecule has 2 N–H and O–H groups in total. The van der Waals surface area contributed by atoms with Gasteiger partial charge in [-0.25, -0.2) is 0 Å². The van der Waals surface area contributed by atoms with Crippen LogP contribution in [0.3, 0.4) is 0 Å². The summed E-state index contributed by atoms with van der Waals surface area (Å²) >= 11 is 0. The summed E-state index contributed by atoms with van der Waals surface area (Å²) in [5, 5.41) is 0. The zero-order valence-electron chi connectivity index (χ0n) is 11.5. The molecule has 0 saturated heterocycles. The van der Waals surface area contributed by atoms with Crippen molar-refractivity contribution in [2.24, 2.45) is 0 Å². The van der Waals surface area contributed by atoms with Crippen molar-refractivity contribution in [2.75, 3.05) is 13.7 Å². The van der Waals surface area contributed by atoms with Crippen LogP contribution < -0.4 is 15.6 Å². The Hall–Kier alpha value is -2.83. The van der Waals surface area contributed by atoms with E-state index >= 15 is 0 Å². The molecule has 0 saturated carbocycles. The van der Waals surface area contributed by atoms with Crippen LogP contribution in [0.4, 0.5) is 0 Å². The molecule has 0 heterocycles. The van der Waals surface area contributed by atoms with Gasteiger partial charge in [0.1, 0.15) is 18.8 Å². The number of carbonyl (C=O) groups is 3. The van der Waals surface area contributed by atoms with Crippen LogP contribution in [0.2, 0.25) is 0 Å². The molecule has 1 aromatic carbocycles. The summed E-state index contributed by atoms with van der Waals surface area (Å²) in [6.45, 7) is 3.77. The van der Waals surface area contributed by atoms with Gasteiger partial charge in [0, 0.05) is 0 Å². The van der Waals surface area contributed by atoms with Crippen LogP contribution >= 0.6 is 0 Å². The van der Waals surface area contributed by atoms with Crippen molar-refractivity contribution in [3.05, 3.63) is 42.5 Å². The summed E-state index contributed by atoms with van der Waals surface area (Å²) in [7, 11) is 1.17. The fourth-order valence-electron chi connectivity index (χ4n) is 1.37. The molecular weight excluding hydrogens is 276 g/mol. The molecule has 0 aliphatic carbocycles. The summed E-state index contributed by atoms with van der Waals surface area (Å²) < 4.78 is 9.66. The van der Waals surface area contributed by atoms with Crippen molar-refractivity contribution in [3.63, 3.8) is 0 Å². The highest BCUT2D eigenvalue weighted by atomic mass is 16.5. The van der Waals surface area contributed by atoms with Crippen molar-refractivity contribution in [3.8, 4) is 5.75 Å². The molecule has 1 aromatic rings. The number of esters is 1. The second-order valence-electron chi connectivity index (χ2n) is 3.85. The molecule has 0 bridgehead atoms. The minimum absolute atomic E-state index is 0.248. The lowest BCUT2D eigenvalue weighted by Crippen LogP contribution is -2.42. The summed E-state index contributed by atoms with van der Waals surface area (Å²) in [5.74, 6) is -1.58. The number of hydrogen-bond acceptors (Lipinski definition) is 5. The molecule has 7 nitrogen and oxygen atoms in total. The van der Waals surface area contributed by atoms with Gasteiger partial charge in [-0.2, -0.15) is 0 Å². The number of rotatable bonds is 6. The number of methoxy groups -OCH3 is 1. The molecule has 0 aromatic heterocycles. The Morgan fingerprint density at radius 2 is 1.95 bits per heavy atom. The lowest BCUT2D eigenvalue weighted by molar-refractivity contribution is -0.144. The van der Waals surface area contributed by atoms with E-state index < -0.39 is 24.2 Å². The Balaban J connectivity index is 2.61. The number of hydrogen-bond donors (Lipinski definition) is 2. The molecule has 0 radical (unpaired) electrons. The van der Waals surface area contributed by atoms with E-state index in [1.165, 1.54) is 7.11 Å². The summed E-state index contributed by atoms with van der Waals surface area (Å²) in [5.41, 5.74) is 4.56. The smallest absolute Gasteiger partial charge is 0.315 e. The van der Waals surface area contributed by atoms with Gasteiger partial charge in [-0.15, -0.1) is 0 Å². The van der Waals surface area contributed by atoms with Gasteiger partial charge < -0.3 is 9.47 Å². The summed E-state index contributed by atoms with van der Waals surface area (Å²) in [4.78, 5) is 34.2. The zero-order valence-corrected chi connectivity index (χ0v) is 11.5. The van der Waals surface area contributed by atoms with Crippen molar-refractivity contribution >= 4 is 17.8 Å². The lowest BCUT2D eigenvalue weighted by Gasteiger charge is -2.11. The number of nitrogens with one attached hydrogen (secondary N) is 2. The maximum Gasteiger partial charge on any atom is 0.315 e. The van der Waals surface area contributed by atoms with E-state index in [-0.39, 0.29) is 12.2 Å². The van der Waals surface area contributed by atoms with Crippen LogP contribution in [0, 0.1) is 0 Å². The number of benzene rings is 1. The first-order valence-corrected chi connectivity index (χ1v) is 6.07. The highest BCUT2D eigenvalue weighted by molar-refractivity contribution is 5.99. The first-order valence-electron chi connectivity index (χ1n) is 6.07. The molecule has 1 rings (SSSR count). The van der Waals surface area contributed by atoms with Crippen LogP contribution in [0.5, 0.6) is 5.75 Å². The van der Waals surface area contributed by atoms with E-state index in [1.54, 1.807) is 30.3 Å². The Bertz CT molecular complexity index is 542. The molecule has 21 heavy (non-hydrogen) atoms. The number of para-hydroxylation sites is 1. The normalized spacial score (nSPS) is 9.38. The summed E-state index contributed by atoms with van der Waals surface area (Å²) in [6.07, 6.45) is 1.07. The van der Waals surface area contributed by atoms with Crippen LogP contribution in [-0.2, 0) is 14.3 Å². The average molecular weight is 292 g/mol. The zero-order chi connectivity index (χ0) is 15.7. The molecule has 112 valence electrons. The predicted molar refractivity (Wildman–Crippen MR) is 74.4 cm³/mol. The van der Waals surface area contributed by atoms with Gasteiger partial charge in [-0.05, 0) is 12.1 Å². The number of ether oxygens (including phenoxy) is 2. The van der Waals surface area contributed by atoms with E-state index in [0.717, 1.165) is 0 Å². The molecule has 0 atom stereocenters. The molecule has 2 amide bonds. The highest BCUT2D eigenvalue weighted by Crippen LogP contribution is 2.17.